The number of amides is 1. The second kappa shape index (κ2) is 9.55. The van der Waals surface area contributed by atoms with Crippen LogP contribution in [0.4, 0.5) is 0 Å². The number of nitrogens with one attached hydrogen (secondary N) is 2. The number of carbonyl (C=O) groups excluding carboxylic acids is 1. The summed E-state index contributed by atoms with van der Waals surface area (Å²) in [6, 6.07) is 10.6. The Hall–Kier alpha value is -1.90. The first-order chi connectivity index (χ1) is 12.0. The van der Waals surface area contributed by atoms with Crippen molar-refractivity contribution >= 4 is 27.3 Å². The summed E-state index contributed by atoms with van der Waals surface area (Å²) in [5, 5.41) is 4.36. The summed E-state index contributed by atoms with van der Waals surface area (Å²) in [5.74, 6) is 0.371. The molecule has 0 radical (unpaired) electrons. The van der Waals surface area contributed by atoms with E-state index in [-0.39, 0.29) is 10.8 Å². The Morgan fingerprint density at radius 3 is 2.80 bits per heavy atom. The Morgan fingerprint density at radius 2 is 2.08 bits per heavy atom. The Balaban J connectivity index is 1.79. The molecular formula is C17H22N2O4S2. The Labute approximate surface area is 152 Å². The van der Waals surface area contributed by atoms with Gasteiger partial charge in [0.05, 0.1) is 13.2 Å². The van der Waals surface area contributed by atoms with Crippen molar-refractivity contribution in [3.05, 3.63) is 47.3 Å². The molecule has 0 bridgehead atoms. The molecule has 0 spiro atoms. The fourth-order valence-electron chi connectivity index (χ4n) is 1.99. The molecule has 2 N–H and O–H groups in total. The van der Waals surface area contributed by atoms with Gasteiger partial charge < -0.3 is 10.1 Å². The minimum atomic E-state index is -3.63. The number of hydrogen-bond acceptors (Lipinski definition) is 5. The number of thiophene rings is 1. The van der Waals surface area contributed by atoms with Crippen LogP contribution in [-0.2, 0) is 21.4 Å². The number of hydrogen-bond donors (Lipinski definition) is 2. The fraction of sp³-hybridized carbons (Fsp3) is 0.353. The first-order valence-electron chi connectivity index (χ1n) is 8.03. The van der Waals surface area contributed by atoms with E-state index in [0.717, 1.165) is 35.5 Å². The average Bonchev–Trinajstić information content (AvgIpc) is 3.14. The number of sulfonamides is 1. The van der Waals surface area contributed by atoms with Crippen molar-refractivity contribution in [1.29, 1.82) is 0 Å². The van der Waals surface area contributed by atoms with Gasteiger partial charge in [0.1, 0.15) is 9.96 Å². The number of unbranched alkanes of at least 4 members (excludes halogenated alkanes) is 1. The SMILES string of the molecule is CCCCOc1cccc(CNC(=O)CNS(=O)(=O)c2cccs2)c1. The second-order valence-corrected chi connectivity index (χ2v) is 8.32. The molecule has 0 aliphatic carbocycles. The highest BCUT2D eigenvalue weighted by Gasteiger charge is 2.16. The van der Waals surface area contributed by atoms with Gasteiger partial charge in [-0.3, -0.25) is 4.79 Å². The fourth-order valence-corrected chi connectivity index (χ4v) is 4.01. The molecule has 25 heavy (non-hydrogen) atoms. The minimum Gasteiger partial charge on any atom is -0.494 e. The molecule has 1 amide bonds. The maximum Gasteiger partial charge on any atom is 0.250 e. The summed E-state index contributed by atoms with van der Waals surface area (Å²) < 4.78 is 32.0. The molecule has 0 saturated carbocycles. The van der Waals surface area contributed by atoms with E-state index in [1.807, 2.05) is 24.3 Å². The summed E-state index contributed by atoms with van der Waals surface area (Å²) in [7, 11) is -3.63. The molecule has 0 unspecified atom stereocenters. The minimum absolute atomic E-state index is 0.192. The maximum atomic E-state index is 11.9. The van der Waals surface area contributed by atoms with E-state index in [4.69, 9.17) is 4.74 Å². The van der Waals surface area contributed by atoms with Crippen LogP contribution in [-0.4, -0.2) is 27.5 Å². The van der Waals surface area contributed by atoms with Crippen LogP contribution in [0.1, 0.15) is 25.3 Å². The van der Waals surface area contributed by atoms with Crippen LogP contribution < -0.4 is 14.8 Å². The van der Waals surface area contributed by atoms with E-state index in [0.29, 0.717) is 13.2 Å². The monoisotopic (exact) mass is 382 g/mol. The maximum absolute atomic E-state index is 11.9. The topological polar surface area (TPSA) is 84.5 Å². The van der Waals surface area contributed by atoms with Crippen molar-refractivity contribution in [1.82, 2.24) is 10.0 Å². The Kier molecular flexibility index (Phi) is 7.42. The molecule has 1 aromatic carbocycles. The number of benzene rings is 1. The smallest absolute Gasteiger partial charge is 0.250 e. The highest BCUT2D eigenvalue weighted by molar-refractivity contribution is 7.91. The summed E-state index contributed by atoms with van der Waals surface area (Å²) in [6.45, 7) is 2.77. The standard InChI is InChI=1S/C17H22N2O4S2/c1-2-3-9-23-15-7-4-6-14(11-15)12-18-16(20)13-19-25(21,22)17-8-5-10-24-17/h4-8,10-11,19H,2-3,9,12-13H2,1H3,(H,18,20). The van der Waals surface area contributed by atoms with Crippen LogP contribution in [0.2, 0.25) is 0 Å². The van der Waals surface area contributed by atoms with Crippen molar-refractivity contribution in [2.75, 3.05) is 13.2 Å². The molecule has 0 aliphatic rings. The first kappa shape index (κ1) is 19.4. The zero-order chi connectivity index (χ0) is 18.1. The zero-order valence-electron chi connectivity index (χ0n) is 14.0. The molecule has 2 rings (SSSR count). The number of carbonyl (C=O) groups is 1. The van der Waals surface area contributed by atoms with Crippen LogP contribution in [0.25, 0.3) is 0 Å². The molecule has 8 heteroatoms. The van der Waals surface area contributed by atoms with E-state index in [9.17, 15) is 13.2 Å². The molecular weight excluding hydrogens is 360 g/mol. The molecule has 1 aromatic heterocycles. The van der Waals surface area contributed by atoms with Gasteiger partial charge in [-0.15, -0.1) is 11.3 Å². The van der Waals surface area contributed by atoms with Crippen molar-refractivity contribution in [3.8, 4) is 5.75 Å². The Bertz CT molecular complexity index is 774. The van der Waals surface area contributed by atoms with Crippen molar-refractivity contribution < 1.29 is 17.9 Å². The van der Waals surface area contributed by atoms with Gasteiger partial charge in [0, 0.05) is 6.54 Å². The van der Waals surface area contributed by atoms with Crippen molar-refractivity contribution in [3.63, 3.8) is 0 Å². The van der Waals surface area contributed by atoms with Gasteiger partial charge in [-0.1, -0.05) is 31.5 Å². The highest BCUT2D eigenvalue weighted by Crippen LogP contribution is 2.15. The van der Waals surface area contributed by atoms with Crippen LogP contribution in [0.3, 0.4) is 0 Å². The lowest BCUT2D eigenvalue weighted by molar-refractivity contribution is -0.120. The van der Waals surface area contributed by atoms with Gasteiger partial charge in [-0.2, -0.15) is 0 Å². The third-order valence-corrected chi connectivity index (χ3v) is 6.14. The predicted octanol–water partition coefficient (Wildman–Crippen LogP) is 2.52. The number of ether oxygens (including phenoxy) is 1. The molecule has 2 aromatic rings. The zero-order valence-corrected chi connectivity index (χ0v) is 15.7. The first-order valence-corrected chi connectivity index (χ1v) is 10.4. The van der Waals surface area contributed by atoms with Crippen LogP contribution in [0.5, 0.6) is 5.75 Å². The second-order valence-electron chi connectivity index (χ2n) is 5.38. The van der Waals surface area contributed by atoms with Gasteiger partial charge >= 0.3 is 0 Å². The summed E-state index contributed by atoms with van der Waals surface area (Å²) >= 11 is 1.11. The van der Waals surface area contributed by atoms with Gasteiger partial charge in [0.15, 0.2) is 0 Å². The molecule has 0 saturated heterocycles. The van der Waals surface area contributed by atoms with E-state index in [1.165, 1.54) is 6.07 Å². The molecule has 1 heterocycles. The molecule has 136 valence electrons. The van der Waals surface area contributed by atoms with Crippen molar-refractivity contribution in [2.45, 2.75) is 30.5 Å². The summed E-state index contributed by atoms with van der Waals surface area (Å²) in [4.78, 5) is 11.9. The molecule has 0 aliphatic heterocycles. The van der Waals surface area contributed by atoms with Gasteiger partial charge in [-0.25, -0.2) is 13.1 Å². The number of rotatable bonds is 10. The van der Waals surface area contributed by atoms with E-state index in [2.05, 4.69) is 17.0 Å². The van der Waals surface area contributed by atoms with Gasteiger partial charge in [-0.05, 0) is 35.6 Å². The summed E-state index contributed by atoms with van der Waals surface area (Å²) in [6.07, 6.45) is 2.06. The lowest BCUT2D eigenvalue weighted by Crippen LogP contribution is -2.36. The van der Waals surface area contributed by atoms with E-state index < -0.39 is 15.9 Å². The third kappa shape index (κ3) is 6.49. The lowest BCUT2D eigenvalue weighted by Gasteiger charge is -2.09. The van der Waals surface area contributed by atoms with Gasteiger partial charge in [0.2, 0.25) is 5.91 Å². The van der Waals surface area contributed by atoms with Gasteiger partial charge in [0.25, 0.3) is 10.0 Å². The molecule has 0 fully saturated rings. The average molecular weight is 383 g/mol. The predicted molar refractivity (Wildman–Crippen MR) is 98.2 cm³/mol. The normalized spacial score (nSPS) is 11.2. The molecule has 0 atom stereocenters. The largest absolute Gasteiger partial charge is 0.494 e. The van der Waals surface area contributed by atoms with Crippen LogP contribution >= 0.6 is 11.3 Å². The van der Waals surface area contributed by atoms with Crippen LogP contribution in [0, 0.1) is 0 Å². The summed E-state index contributed by atoms with van der Waals surface area (Å²) in [5.41, 5.74) is 0.892. The Morgan fingerprint density at radius 1 is 1.24 bits per heavy atom. The quantitative estimate of drug-likeness (QED) is 0.619. The lowest BCUT2D eigenvalue weighted by atomic mass is 10.2. The van der Waals surface area contributed by atoms with Crippen molar-refractivity contribution in [2.24, 2.45) is 0 Å². The highest BCUT2D eigenvalue weighted by atomic mass is 32.2. The third-order valence-electron chi connectivity index (χ3n) is 3.34. The van der Waals surface area contributed by atoms with Crippen LogP contribution in [0.15, 0.2) is 46.0 Å². The van der Waals surface area contributed by atoms with E-state index in [1.54, 1.807) is 11.4 Å². The molecule has 6 nitrogen and oxygen atoms in total. The van der Waals surface area contributed by atoms with E-state index >= 15 is 0 Å².